The quantitative estimate of drug-likeness (QED) is 0.918. The van der Waals surface area contributed by atoms with Crippen LogP contribution in [-0.4, -0.2) is 49.6 Å². The molecule has 1 saturated heterocycles. The molecule has 2 aliphatic rings. The minimum Gasteiger partial charge on any atom is -0.387 e. The summed E-state index contributed by atoms with van der Waals surface area (Å²) in [5, 5.41) is 0. The van der Waals surface area contributed by atoms with Gasteiger partial charge in [-0.25, -0.2) is 4.98 Å². The van der Waals surface area contributed by atoms with Crippen LogP contribution in [0.4, 0.5) is 17.2 Å². The normalized spacial score (nSPS) is 19.5. The van der Waals surface area contributed by atoms with Crippen LogP contribution in [0.1, 0.15) is 6.42 Å². The van der Waals surface area contributed by atoms with E-state index in [4.69, 9.17) is 15.5 Å². The number of benzene rings is 1. The third-order valence-electron chi connectivity index (χ3n) is 4.47. The highest BCUT2D eigenvalue weighted by Gasteiger charge is 2.21. The predicted molar refractivity (Wildman–Crippen MR) is 104 cm³/mol. The fraction of sp³-hybridized carbons (Fsp3) is 0.316. The standard InChI is InChI=1S/C19H22N6O/c20-17-8-10-25(15-5-2-1-3-6-15)19(22-17)23-18-16(7-4-9-21-18)24-11-13-26-14-12-24/h1-7,9H,8,10-14H2,(H2,20,21,22,23). The van der Waals surface area contributed by atoms with Gasteiger partial charge in [0.1, 0.15) is 5.84 Å². The van der Waals surface area contributed by atoms with E-state index in [-0.39, 0.29) is 0 Å². The molecule has 0 spiro atoms. The third kappa shape index (κ3) is 3.52. The van der Waals surface area contributed by atoms with E-state index in [2.05, 4.69) is 19.8 Å². The van der Waals surface area contributed by atoms with E-state index in [0.717, 1.165) is 31.0 Å². The first-order chi connectivity index (χ1) is 12.8. The van der Waals surface area contributed by atoms with Crippen molar-refractivity contribution < 1.29 is 4.74 Å². The van der Waals surface area contributed by atoms with Gasteiger partial charge in [-0.1, -0.05) is 18.2 Å². The number of para-hydroxylation sites is 1. The van der Waals surface area contributed by atoms with E-state index in [0.29, 0.717) is 37.2 Å². The van der Waals surface area contributed by atoms with Crippen molar-refractivity contribution in [3.8, 4) is 0 Å². The van der Waals surface area contributed by atoms with Crippen molar-refractivity contribution in [2.45, 2.75) is 6.42 Å². The number of guanidine groups is 1. The summed E-state index contributed by atoms with van der Waals surface area (Å²) in [5.41, 5.74) is 8.04. The molecular weight excluding hydrogens is 328 g/mol. The van der Waals surface area contributed by atoms with Gasteiger partial charge in [-0.15, -0.1) is 0 Å². The van der Waals surface area contributed by atoms with Gasteiger partial charge in [0, 0.05) is 37.9 Å². The molecule has 0 unspecified atom stereocenters. The highest BCUT2D eigenvalue weighted by atomic mass is 16.5. The number of ether oxygens (including phenoxy) is 1. The van der Waals surface area contributed by atoms with Crippen molar-refractivity contribution in [1.29, 1.82) is 0 Å². The topological polar surface area (TPSA) is 79.3 Å². The number of aromatic nitrogens is 1. The van der Waals surface area contributed by atoms with Crippen molar-refractivity contribution in [1.82, 2.24) is 4.98 Å². The molecule has 0 aliphatic carbocycles. The summed E-state index contributed by atoms with van der Waals surface area (Å²) in [6.45, 7) is 3.84. The number of morpholine rings is 1. The second-order valence-electron chi connectivity index (χ2n) is 6.20. The zero-order valence-electron chi connectivity index (χ0n) is 14.6. The van der Waals surface area contributed by atoms with Crippen molar-refractivity contribution in [3.05, 3.63) is 48.7 Å². The van der Waals surface area contributed by atoms with Gasteiger partial charge in [0.25, 0.3) is 0 Å². The highest BCUT2D eigenvalue weighted by molar-refractivity contribution is 6.07. The lowest BCUT2D eigenvalue weighted by Crippen LogP contribution is -2.39. The maximum atomic E-state index is 6.00. The molecule has 0 bridgehead atoms. The zero-order chi connectivity index (χ0) is 17.8. The van der Waals surface area contributed by atoms with Crippen LogP contribution in [0.15, 0.2) is 58.6 Å². The van der Waals surface area contributed by atoms with Crippen molar-refractivity contribution in [2.24, 2.45) is 15.7 Å². The maximum absolute atomic E-state index is 6.00. The number of aliphatic imine (C=N–C) groups is 2. The Morgan fingerprint density at radius 1 is 1.00 bits per heavy atom. The first kappa shape index (κ1) is 16.5. The predicted octanol–water partition coefficient (Wildman–Crippen LogP) is 2.17. The first-order valence-electron chi connectivity index (χ1n) is 8.83. The number of hydrogen-bond donors (Lipinski definition) is 1. The Balaban J connectivity index is 1.72. The fourth-order valence-corrected chi connectivity index (χ4v) is 3.13. The molecule has 2 aromatic rings. The Morgan fingerprint density at radius 2 is 1.81 bits per heavy atom. The van der Waals surface area contributed by atoms with Crippen LogP contribution >= 0.6 is 0 Å². The Hall–Kier alpha value is -2.93. The van der Waals surface area contributed by atoms with Crippen LogP contribution in [0.3, 0.4) is 0 Å². The number of rotatable bonds is 3. The molecule has 1 aromatic carbocycles. The van der Waals surface area contributed by atoms with Gasteiger partial charge in [0.2, 0.25) is 5.96 Å². The highest BCUT2D eigenvalue weighted by Crippen LogP contribution is 2.28. The summed E-state index contributed by atoms with van der Waals surface area (Å²) < 4.78 is 5.46. The minimum absolute atomic E-state index is 0.577. The summed E-state index contributed by atoms with van der Waals surface area (Å²) in [6.07, 6.45) is 2.47. The number of anilines is 2. The second-order valence-corrected chi connectivity index (χ2v) is 6.20. The lowest BCUT2D eigenvalue weighted by molar-refractivity contribution is 0.122. The molecule has 0 amide bonds. The van der Waals surface area contributed by atoms with Crippen molar-refractivity contribution >= 4 is 29.0 Å². The second kappa shape index (κ2) is 7.53. The molecule has 2 N–H and O–H groups in total. The molecule has 26 heavy (non-hydrogen) atoms. The largest absolute Gasteiger partial charge is 0.387 e. The van der Waals surface area contributed by atoms with E-state index in [9.17, 15) is 0 Å². The molecule has 7 nitrogen and oxygen atoms in total. The number of hydrogen-bond acceptors (Lipinski definition) is 5. The number of pyridine rings is 1. The molecule has 4 rings (SSSR count). The molecule has 1 fully saturated rings. The molecular formula is C19H22N6O. The van der Waals surface area contributed by atoms with Crippen LogP contribution in [0.5, 0.6) is 0 Å². The van der Waals surface area contributed by atoms with E-state index < -0.39 is 0 Å². The van der Waals surface area contributed by atoms with Crippen LogP contribution in [0.2, 0.25) is 0 Å². The Labute approximate surface area is 152 Å². The Bertz CT molecular complexity index is 814. The number of amidine groups is 1. The zero-order valence-corrected chi connectivity index (χ0v) is 14.6. The molecule has 0 radical (unpaired) electrons. The number of nitrogens with two attached hydrogens (primary N) is 1. The Morgan fingerprint density at radius 3 is 2.62 bits per heavy atom. The Kier molecular flexibility index (Phi) is 4.79. The molecule has 134 valence electrons. The summed E-state index contributed by atoms with van der Waals surface area (Å²) in [6, 6.07) is 14.1. The SMILES string of the molecule is NC1=NC(=Nc2ncccc2N2CCOCC2)N(c2ccccc2)CC1. The monoisotopic (exact) mass is 350 g/mol. The van der Waals surface area contributed by atoms with Crippen LogP contribution in [0, 0.1) is 0 Å². The first-order valence-corrected chi connectivity index (χ1v) is 8.83. The van der Waals surface area contributed by atoms with Crippen LogP contribution in [-0.2, 0) is 4.74 Å². The average molecular weight is 350 g/mol. The van der Waals surface area contributed by atoms with Gasteiger partial charge in [-0.3, -0.25) is 0 Å². The molecule has 7 heteroatoms. The lowest BCUT2D eigenvalue weighted by Gasteiger charge is -2.30. The van der Waals surface area contributed by atoms with Crippen LogP contribution in [0.25, 0.3) is 0 Å². The van der Waals surface area contributed by atoms with Gasteiger partial charge in [0.05, 0.1) is 18.9 Å². The maximum Gasteiger partial charge on any atom is 0.233 e. The molecule has 1 aromatic heterocycles. The molecule has 0 saturated carbocycles. The van der Waals surface area contributed by atoms with Gasteiger partial charge in [-0.05, 0) is 24.3 Å². The smallest absolute Gasteiger partial charge is 0.233 e. The third-order valence-corrected chi connectivity index (χ3v) is 4.47. The van der Waals surface area contributed by atoms with Crippen LogP contribution < -0.4 is 15.5 Å². The van der Waals surface area contributed by atoms with Gasteiger partial charge in [0.15, 0.2) is 5.82 Å². The summed E-state index contributed by atoms with van der Waals surface area (Å²) in [5.74, 6) is 1.83. The summed E-state index contributed by atoms with van der Waals surface area (Å²) >= 11 is 0. The van der Waals surface area contributed by atoms with E-state index >= 15 is 0 Å². The molecule has 2 aliphatic heterocycles. The van der Waals surface area contributed by atoms with Gasteiger partial charge in [-0.2, -0.15) is 9.98 Å². The lowest BCUT2D eigenvalue weighted by atomic mass is 10.2. The molecule has 3 heterocycles. The minimum atomic E-state index is 0.577. The molecule has 0 atom stereocenters. The fourth-order valence-electron chi connectivity index (χ4n) is 3.13. The van der Waals surface area contributed by atoms with Gasteiger partial charge >= 0.3 is 0 Å². The van der Waals surface area contributed by atoms with Crippen molar-refractivity contribution in [3.63, 3.8) is 0 Å². The van der Waals surface area contributed by atoms with E-state index in [1.54, 1.807) is 6.20 Å². The van der Waals surface area contributed by atoms with E-state index in [1.165, 1.54) is 0 Å². The number of nitrogens with zero attached hydrogens (tertiary/aromatic N) is 5. The summed E-state index contributed by atoms with van der Waals surface area (Å²) in [4.78, 5) is 18.1. The summed E-state index contributed by atoms with van der Waals surface area (Å²) in [7, 11) is 0. The van der Waals surface area contributed by atoms with E-state index in [1.807, 2.05) is 42.5 Å². The average Bonchev–Trinajstić information content (AvgIpc) is 2.70. The van der Waals surface area contributed by atoms with Crippen molar-refractivity contribution in [2.75, 3.05) is 42.6 Å². The van der Waals surface area contributed by atoms with Gasteiger partial charge < -0.3 is 20.3 Å².